The number of carbonyl (C=O) groups excluding carboxylic acids is 1. The summed E-state index contributed by atoms with van der Waals surface area (Å²) < 4.78 is 17.5. The summed E-state index contributed by atoms with van der Waals surface area (Å²) in [6.45, 7) is 0. The molecular formula is C15H13BrClNO3S. The monoisotopic (exact) mass is 401 g/mol. The fourth-order valence-corrected chi connectivity index (χ4v) is 3.91. The van der Waals surface area contributed by atoms with Crippen molar-refractivity contribution < 1.29 is 13.9 Å². The van der Waals surface area contributed by atoms with Gasteiger partial charge in [-0.05, 0) is 40.9 Å². The average Bonchev–Trinajstić information content (AvgIpc) is 3.20. The highest BCUT2D eigenvalue weighted by atomic mass is 79.9. The standard InChI is InChI=1S/C15H13BrClNO3S/c1-22(20)7-11-9(4-5-12(17)13(11)16)14(19)10-6-18-21-15(10)8-2-3-8/h4-6,8H,2-3,7H2,1H3. The predicted molar refractivity (Wildman–Crippen MR) is 88.8 cm³/mol. The molecule has 1 aliphatic rings. The Morgan fingerprint density at radius 3 is 2.86 bits per heavy atom. The lowest BCUT2D eigenvalue weighted by atomic mass is 9.98. The van der Waals surface area contributed by atoms with Crippen molar-refractivity contribution in [3.63, 3.8) is 0 Å². The van der Waals surface area contributed by atoms with Gasteiger partial charge in [-0.1, -0.05) is 27.9 Å². The summed E-state index contributed by atoms with van der Waals surface area (Å²) in [5, 5.41) is 4.26. The molecule has 4 nitrogen and oxygen atoms in total. The Morgan fingerprint density at radius 1 is 1.50 bits per heavy atom. The fraction of sp³-hybridized carbons (Fsp3) is 0.333. The van der Waals surface area contributed by atoms with Gasteiger partial charge in [0.05, 0.1) is 23.0 Å². The molecule has 1 aromatic heterocycles. The van der Waals surface area contributed by atoms with E-state index in [1.54, 1.807) is 18.4 Å². The van der Waals surface area contributed by atoms with Crippen molar-refractivity contribution in [2.75, 3.05) is 6.26 Å². The van der Waals surface area contributed by atoms with E-state index >= 15 is 0 Å². The molecule has 0 radical (unpaired) electrons. The van der Waals surface area contributed by atoms with Crippen molar-refractivity contribution in [3.8, 4) is 0 Å². The van der Waals surface area contributed by atoms with E-state index in [4.69, 9.17) is 16.1 Å². The van der Waals surface area contributed by atoms with Gasteiger partial charge >= 0.3 is 0 Å². The average molecular weight is 403 g/mol. The van der Waals surface area contributed by atoms with E-state index in [2.05, 4.69) is 21.1 Å². The van der Waals surface area contributed by atoms with E-state index in [1.807, 2.05) is 0 Å². The SMILES string of the molecule is C[S+]([O-])Cc1c(C(=O)c2cnoc2C2CC2)ccc(Cl)c1Br. The molecule has 1 aromatic carbocycles. The Labute approximate surface area is 144 Å². The van der Waals surface area contributed by atoms with Gasteiger partial charge in [0.15, 0.2) is 11.5 Å². The molecule has 1 saturated carbocycles. The van der Waals surface area contributed by atoms with Crippen LogP contribution in [0.1, 0.15) is 46.0 Å². The van der Waals surface area contributed by atoms with E-state index in [0.29, 0.717) is 37.9 Å². The molecule has 0 saturated heterocycles. The third kappa shape index (κ3) is 3.11. The summed E-state index contributed by atoms with van der Waals surface area (Å²) in [6, 6.07) is 3.33. The van der Waals surface area contributed by atoms with Crippen molar-refractivity contribution in [2.24, 2.45) is 0 Å². The summed E-state index contributed by atoms with van der Waals surface area (Å²) in [4.78, 5) is 12.9. The lowest BCUT2D eigenvalue weighted by Gasteiger charge is -2.13. The van der Waals surface area contributed by atoms with E-state index in [0.717, 1.165) is 12.8 Å². The van der Waals surface area contributed by atoms with Crippen LogP contribution in [0.3, 0.4) is 0 Å². The molecule has 7 heteroatoms. The first-order valence-electron chi connectivity index (χ1n) is 6.75. The minimum absolute atomic E-state index is 0.166. The number of hydrogen-bond acceptors (Lipinski definition) is 4. The molecule has 1 unspecified atom stereocenters. The van der Waals surface area contributed by atoms with E-state index in [-0.39, 0.29) is 11.5 Å². The maximum absolute atomic E-state index is 12.9. The lowest BCUT2D eigenvalue weighted by molar-refractivity contribution is 0.103. The van der Waals surface area contributed by atoms with Crippen LogP contribution in [0.25, 0.3) is 0 Å². The maximum Gasteiger partial charge on any atom is 0.198 e. The van der Waals surface area contributed by atoms with Gasteiger partial charge in [-0.25, -0.2) is 0 Å². The number of aromatic nitrogens is 1. The zero-order valence-corrected chi connectivity index (χ0v) is 14.9. The molecule has 1 fully saturated rings. The van der Waals surface area contributed by atoms with Crippen LogP contribution in [0.2, 0.25) is 5.02 Å². The first-order valence-corrected chi connectivity index (χ1v) is 9.65. The topological polar surface area (TPSA) is 66.2 Å². The van der Waals surface area contributed by atoms with E-state index in [9.17, 15) is 9.35 Å². The van der Waals surface area contributed by atoms with Crippen molar-refractivity contribution >= 4 is 44.5 Å². The first kappa shape index (κ1) is 16.1. The third-order valence-electron chi connectivity index (χ3n) is 3.58. The molecule has 116 valence electrons. The van der Waals surface area contributed by atoms with Crippen molar-refractivity contribution in [2.45, 2.75) is 24.5 Å². The summed E-state index contributed by atoms with van der Waals surface area (Å²) in [7, 11) is 0. The van der Waals surface area contributed by atoms with Crippen LogP contribution in [0, 0.1) is 0 Å². The van der Waals surface area contributed by atoms with Crippen LogP contribution in [0.15, 0.2) is 27.3 Å². The number of nitrogens with zero attached hydrogens (tertiary/aromatic N) is 1. The lowest BCUT2D eigenvalue weighted by Crippen LogP contribution is -2.11. The smallest absolute Gasteiger partial charge is 0.198 e. The Hall–Kier alpha value is -0.820. The third-order valence-corrected chi connectivity index (χ3v) is 5.72. The second-order valence-corrected chi connectivity index (χ2v) is 7.95. The molecule has 22 heavy (non-hydrogen) atoms. The second kappa shape index (κ2) is 6.35. The largest absolute Gasteiger partial charge is 0.616 e. The van der Waals surface area contributed by atoms with Gasteiger partial charge < -0.3 is 9.08 Å². The van der Waals surface area contributed by atoms with Crippen LogP contribution in [-0.2, 0) is 16.9 Å². The normalized spacial score (nSPS) is 15.8. The van der Waals surface area contributed by atoms with Gasteiger partial charge in [0, 0.05) is 21.5 Å². The summed E-state index contributed by atoms with van der Waals surface area (Å²) in [5.41, 5.74) is 1.62. The number of halogens is 2. The highest BCUT2D eigenvalue weighted by molar-refractivity contribution is 9.10. The highest BCUT2D eigenvalue weighted by Crippen LogP contribution is 2.42. The van der Waals surface area contributed by atoms with Crippen LogP contribution >= 0.6 is 27.5 Å². The maximum atomic E-state index is 12.9. The number of benzene rings is 1. The summed E-state index contributed by atoms with van der Waals surface area (Å²) in [6.07, 6.45) is 5.10. The van der Waals surface area contributed by atoms with Crippen molar-refractivity contribution in [3.05, 3.63) is 50.3 Å². The molecule has 0 spiro atoms. The number of hydrogen-bond donors (Lipinski definition) is 0. The van der Waals surface area contributed by atoms with Crippen molar-refractivity contribution in [1.82, 2.24) is 5.16 Å². The number of rotatable bonds is 5. The number of ketones is 1. The van der Waals surface area contributed by atoms with Crippen molar-refractivity contribution in [1.29, 1.82) is 0 Å². The van der Waals surface area contributed by atoms with Gasteiger partial charge in [0.2, 0.25) is 0 Å². The van der Waals surface area contributed by atoms with Crippen LogP contribution in [-0.4, -0.2) is 21.7 Å². The predicted octanol–water partition coefficient (Wildman–Crippen LogP) is 4.08. The van der Waals surface area contributed by atoms with Gasteiger partial charge in [-0.2, -0.15) is 0 Å². The Bertz CT molecular complexity index is 728. The van der Waals surface area contributed by atoms with Gasteiger partial charge in [0.1, 0.15) is 5.75 Å². The van der Waals surface area contributed by atoms with E-state index < -0.39 is 11.2 Å². The molecule has 2 aromatic rings. The fourth-order valence-electron chi connectivity index (χ4n) is 2.35. The summed E-state index contributed by atoms with van der Waals surface area (Å²) in [5.74, 6) is 1.04. The summed E-state index contributed by atoms with van der Waals surface area (Å²) >= 11 is 8.41. The molecule has 0 amide bonds. The first-order chi connectivity index (χ1) is 10.5. The Kier molecular flexibility index (Phi) is 4.64. The molecule has 3 rings (SSSR count). The zero-order valence-electron chi connectivity index (χ0n) is 11.8. The van der Waals surface area contributed by atoms with Crippen LogP contribution < -0.4 is 0 Å². The van der Waals surface area contributed by atoms with Gasteiger partial charge in [-0.3, -0.25) is 4.79 Å². The minimum atomic E-state index is -1.09. The quantitative estimate of drug-likeness (QED) is 0.558. The Morgan fingerprint density at radius 2 is 2.23 bits per heavy atom. The minimum Gasteiger partial charge on any atom is -0.616 e. The molecule has 0 bridgehead atoms. The second-order valence-electron chi connectivity index (χ2n) is 5.31. The molecule has 1 aliphatic carbocycles. The van der Waals surface area contributed by atoms with E-state index in [1.165, 1.54) is 6.20 Å². The molecule has 1 heterocycles. The molecule has 0 aliphatic heterocycles. The van der Waals surface area contributed by atoms with Crippen LogP contribution in [0.4, 0.5) is 0 Å². The zero-order chi connectivity index (χ0) is 15.9. The van der Waals surface area contributed by atoms with Gasteiger partial charge in [0.25, 0.3) is 0 Å². The van der Waals surface area contributed by atoms with Gasteiger partial charge in [-0.15, -0.1) is 0 Å². The van der Waals surface area contributed by atoms with Crippen LogP contribution in [0.5, 0.6) is 0 Å². The molecule has 0 N–H and O–H groups in total. The number of carbonyl (C=O) groups is 1. The molecule has 1 atom stereocenters. The molecular weight excluding hydrogens is 390 g/mol. The highest BCUT2D eigenvalue weighted by Gasteiger charge is 2.33. The Balaban J connectivity index is 2.05.